The van der Waals surface area contributed by atoms with E-state index in [9.17, 15) is 0 Å². The molecule has 1 unspecified atom stereocenters. The zero-order valence-corrected chi connectivity index (χ0v) is 12.0. The van der Waals surface area contributed by atoms with Crippen molar-refractivity contribution in [3.8, 4) is 0 Å². The second kappa shape index (κ2) is 7.55. The molecule has 0 fully saturated rings. The Bertz CT molecular complexity index is 321. The average Bonchev–Trinajstić information content (AvgIpc) is 2.39. The zero-order valence-electron chi connectivity index (χ0n) is 12.0. The van der Waals surface area contributed by atoms with E-state index in [1.807, 2.05) is 6.07 Å². The maximum absolute atomic E-state index is 6.32. The highest BCUT2D eigenvalue weighted by Gasteiger charge is 2.27. The Labute approximate surface area is 112 Å². The lowest BCUT2D eigenvalue weighted by molar-refractivity contribution is 0.118. The molecule has 0 aliphatic rings. The van der Waals surface area contributed by atoms with Crippen molar-refractivity contribution in [2.75, 3.05) is 13.2 Å². The molecule has 0 aliphatic carbocycles. The molecule has 0 radical (unpaired) electrons. The van der Waals surface area contributed by atoms with E-state index in [4.69, 9.17) is 10.5 Å². The van der Waals surface area contributed by atoms with Crippen LogP contribution in [0, 0.1) is 0 Å². The van der Waals surface area contributed by atoms with Crippen LogP contribution in [-0.4, -0.2) is 19.3 Å². The van der Waals surface area contributed by atoms with Gasteiger partial charge in [0.1, 0.15) is 0 Å². The molecule has 0 spiro atoms. The number of nitrogens with two attached hydrogens (primary N) is 1. The second-order valence-corrected chi connectivity index (χ2v) is 5.45. The third-order valence-corrected chi connectivity index (χ3v) is 3.66. The number of unbranched alkanes of at least 4 members (excludes halogenated alkanes) is 1. The number of benzene rings is 1. The van der Waals surface area contributed by atoms with Crippen LogP contribution >= 0.6 is 0 Å². The topological polar surface area (TPSA) is 35.2 Å². The molecule has 0 saturated carbocycles. The van der Waals surface area contributed by atoms with Gasteiger partial charge in [0.05, 0.1) is 0 Å². The summed E-state index contributed by atoms with van der Waals surface area (Å²) in [5.74, 6) is 0. The molecule has 2 nitrogen and oxygen atoms in total. The monoisotopic (exact) mass is 249 g/mol. The van der Waals surface area contributed by atoms with Crippen molar-refractivity contribution < 1.29 is 4.74 Å². The highest BCUT2D eigenvalue weighted by atomic mass is 16.5. The van der Waals surface area contributed by atoms with E-state index < -0.39 is 0 Å². The molecule has 0 aliphatic heterocycles. The molecule has 0 heterocycles. The van der Waals surface area contributed by atoms with Crippen LogP contribution in [0.5, 0.6) is 0 Å². The van der Waals surface area contributed by atoms with Crippen LogP contribution in [0.1, 0.15) is 45.6 Å². The van der Waals surface area contributed by atoms with Crippen molar-refractivity contribution in [1.82, 2.24) is 0 Å². The quantitative estimate of drug-likeness (QED) is 0.716. The zero-order chi connectivity index (χ0) is 13.4. The third-order valence-electron chi connectivity index (χ3n) is 3.66. The smallest absolute Gasteiger partial charge is 0.0481 e. The molecule has 0 saturated heterocycles. The number of ether oxygens (including phenoxy) is 1. The first-order valence-corrected chi connectivity index (χ1v) is 6.98. The van der Waals surface area contributed by atoms with Gasteiger partial charge in [0, 0.05) is 24.7 Å². The Morgan fingerprint density at radius 2 is 1.83 bits per heavy atom. The molecule has 1 aromatic rings. The van der Waals surface area contributed by atoms with Gasteiger partial charge < -0.3 is 10.5 Å². The summed E-state index contributed by atoms with van der Waals surface area (Å²) in [5.41, 5.74) is 7.61. The SMILES string of the molecule is CCCCOCCC(N)C(C)(C)c1ccccc1. The van der Waals surface area contributed by atoms with Crippen LogP contribution in [0.2, 0.25) is 0 Å². The normalized spacial score (nSPS) is 13.6. The Hall–Kier alpha value is -0.860. The highest BCUT2D eigenvalue weighted by molar-refractivity contribution is 5.25. The molecular weight excluding hydrogens is 222 g/mol. The Morgan fingerprint density at radius 3 is 2.44 bits per heavy atom. The van der Waals surface area contributed by atoms with Gasteiger partial charge in [-0.05, 0) is 18.4 Å². The molecule has 2 N–H and O–H groups in total. The minimum Gasteiger partial charge on any atom is -0.381 e. The molecule has 18 heavy (non-hydrogen) atoms. The molecule has 2 heteroatoms. The molecule has 1 rings (SSSR count). The first kappa shape index (κ1) is 15.2. The highest BCUT2D eigenvalue weighted by Crippen LogP contribution is 2.27. The van der Waals surface area contributed by atoms with Crippen LogP contribution in [0.3, 0.4) is 0 Å². The largest absolute Gasteiger partial charge is 0.381 e. The Morgan fingerprint density at radius 1 is 1.17 bits per heavy atom. The van der Waals surface area contributed by atoms with Crippen LogP contribution in [0.25, 0.3) is 0 Å². The van der Waals surface area contributed by atoms with Crippen molar-refractivity contribution in [3.63, 3.8) is 0 Å². The van der Waals surface area contributed by atoms with Gasteiger partial charge in [-0.25, -0.2) is 0 Å². The van der Waals surface area contributed by atoms with Crippen molar-refractivity contribution in [1.29, 1.82) is 0 Å². The Balaban J connectivity index is 2.42. The summed E-state index contributed by atoms with van der Waals surface area (Å²) in [6.07, 6.45) is 3.23. The van der Waals surface area contributed by atoms with Crippen LogP contribution in [-0.2, 0) is 10.2 Å². The number of hydrogen-bond acceptors (Lipinski definition) is 2. The summed E-state index contributed by atoms with van der Waals surface area (Å²) in [6.45, 7) is 8.21. The predicted octanol–water partition coefficient (Wildman–Crippen LogP) is 3.50. The van der Waals surface area contributed by atoms with Crippen LogP contribution in [0.15, 0.2) is 30.3 Å². The van der Waals surface area contributed by atoms with Crippen LogP contribution in [0.4, 0.5) is 0 Å². The van der Waals surface area contributed by atoms with E-state index in [1.54, 1.807) is 0 Å². The number of hydrogen-bond donors (Lipinski definition) is 1. The molecule has 102 valence electrons. The van der Waals surface area contributed by atoms with E-state index in [-0.39, 0.29) is 11.5 Å². The lowest BCUT2D eigenvalue weighted by atomic mass is 9.77. The van der Waals surface area contributed by atoms with Crippen molar-refractivity contribution >= 4 is 0 Å². The van der Waals surface area contributed by atoms with Gasteiger partial charge in [0.2, 0.25) is 0 Å². The lowest BCUT2D eigenvalue weighted by Crippen LogP contribution is -2.41. The maximum Gasteiger partial charge on any atom is 0.0481 e. The van der Waals surface area contributed by atoms with Gasteiger partial charge in [-0.15, -0.1) is 0 Å². The first-order valence-electron chi connectivity index (χ1n) is 6.98. The summed E-state index contributed by atoms with van der Waals surface area (Å²) in [7, 11) is 0. The molecule has 0 aromatic heterocycles. The van der Waals surface area contributed by atoms with E-state index in [0.29, 0.717) is 0 Å². The summed E-state index contributed by atoms with van der Waals surface area (Å²) in [5, 5.41) is 0. The minimum absolute atomic E-state index is 0.00459. The molecular formula is C16H27NO. The predicted molar refractivity (Wildman–Crippen MR) is 77.8 cm³/mol. The van der Waals surface area contributed by atoms with E-state index in [1.165, 1.54) is 12.0 Å². The first-order chi connectivity index (χ1) is 8.59. The van der Waals surface area contributed by atoms with E-state index >= 15 is 0 Å². The third kappa shape index (κ3) is 4.43. The lowest BCUT2D eigenvalue weighted by Gasteiger charge is -2.32. The van der Waals surface area contributed by atoms with Gasteiger partial charge in [0.15, 0.2) is 0 Å². The molecule has 0 amide bonds. The fourth-order valence-electron chi connectivity index (χ4n) is 2.00. The van der Waals surface area contributed by atoms with Gasteiger partial charge in [-0.3, -0.25) is 0 Å². The Kier molecular flexibility index (Phi) is 6.37. The fraction of sp³-hybridized carbons (Fsp3) is 0.625. The van der Waals surface area contributed by atoms with Gasteiger partial charge >= 0.3 is 0 Å². The van der Waals surface area contributed by atoms with Gasteiger partial charge in [-0.1, -0.05) is 57.5 Å². The second-order valence-electron chi connectivity index (χ2n) is 5.45. The van der Waals surface area contributed by atoms with Crippen LogP contribution < -0.4 is 5.73 Å². The summed E-state index contributed by atoms with van der Waals surface area (Å²) in [6, 6.07) is 10.6. The molecule has 1 aromatic carbocycles. The minimum atomic E-state index is -0.00459. The van der Waals surface area contributed by atoms with E-state index in [2.05, 4.69) is 45.0 Å². The van der Waals surface area contributed by atoms with Crippen molar-refractivity contribution in [2.45, 2.75) is 51.5 Å². The summed E-state index contributed by atoms with van der Waals surface area (Å²) < 4.78 is 5.60. The average molecular weight is 249 g/mol. The van der Waals surface area contributed by atoms with Crippen molar-refractivity contribution in [3.05, 3.63) is 35.9 Å². The van der Waals surface area contributed by atoms with Gasteiger partial charge in [0.25, 0.3) is 0 Å². The van der Waals surface area contributed by atoms with Crippen molar-refractivity contribution in [2.24, 2.45) is 5.73 Å². The molecule has 1 atom stereocenters. The molecule has 0 bridgehead atoms. The summed E-state index contributed by atoms with van der Waals surface area (Å²) in [4.78, 5) is 0. The fourth-order valence-corrected chi connectivity index (χ4v) is 2.00. The summed E-state index contributed by atoms with van der Waals surface area (Å²) >= 11 is 0. The number of rotatable bonds is 8. The van der Waals surface area contributed by atoms with E-state index in [0.717, 1.165) is 26.1 Å². The maximum atomic E-state index is 6.32. The standard InChI is InChI=1S/C16H27NO/c1-4-5-12-18-13-11-15(17)16(2,3)14-9-7-6-8-10-14/h6-10,15H,4-5,11-13,17H2,1-3H3. The van der Waals surface area contributed by atoms with Gasteiger partial charge in [-0.2, -0.15) is 0 Å².